The second-order valence-corrected chi connectivity index (χ2v) is 11.3. The number of unbranched alkanes of at least 4 members (excludes halogenated alkanes) is 11. The number of hydrogen-bond donors (Lipinski definition) is 7. The van der Waals surface area contributed by atoms with Crippen LogP contribution in [0.5, 0.6) is 5.75 Å². The van der Waals surface area contributed by atoms with Crippen LogP contribution in [-0.4, -0.2) is 80.6 Å². The molecule has 1 amide bonds. The zero-order valence-electron chi connectivity index (χ0n) is 27.8. The lowest BCUT2D eigenvalue weighted by molar-refractivity contribution is -0.192. The Morgan fingerprint density at radius 3 is 1.51 bits per heavy atom. The molecule has 0 fully saturated rings. The lowest BCUT2D eigenvalue weighted by atomic mass is 10.1. The minimum atomic E-state index is -5.08. The van der Waals surface area contributed by atoms with Crippen LogP contribution in [0.3, 0.4) is 0 Å². The van der Waals surface area contributed by atoms with E-state index >= 15 is 0 Å². The maximum absolute atomic E-state index is 12.2. The Bertz CT molecular complexity index is 996. The Balaban J connectivity index is 0.00000270. The fraction of sp³-hybridized carbons (Fsp3) is 0.750. The minimum Gasteiger partial charge on any atom is -0.507 e. The van der Waals surface area contributed by atoms with E-state index in [9.17, 15) is 23.1 Å². The number of nitrogens with two attached hydrogens (primary N) is 1. The molecule has 0 heterocycles. The molecule has 1 rings (SSSR count). The topological polar surface area (TPSA) is 198 Å². The SMILES string of the molecule is O=C(O)C(F)(F)F.[N-]=[N+]=Nc1ccc(C(=O)NCCCNCCCCCCNCCCCCCCCNCCCCCCN)c(O)c1. The van der Waals surface area contributed by atoms with Crippen LogP contribution in [0.1, 0.15) is 107 Å². The van der Waals surface area contributed by atoms with Gasteiger partial charge in [-0.25, -0.2) is 4.79 Å². The standard InChI is InChI=1S/C30H56N8O2.C2HF3O2/c31-18-9-3-6-12-21-33-19-10-4-1-2-5-11-20-34-22-13-7-8-14-23-35-24-15-25-36-30(40)28-17-16-27(37-38-32)26-29(28)39;3-2(4,5)1(6)7/h16-17,26,33-35,39H,1-15,18-25,31H2,(H,36,40);(H,6,7). The number of nitrogens with zero attached hydrogens (tertiary/aromatic N) is 3. The highest BCUT2D eigenvalue weighted by atomic mass is 19.4. The number of rotatable bonds is 28. The van der Waals surface area contributed by atoms with E-state index < -0.39 is 12.1 Å². The summed E-state index contributed by atoms with van der Waals surface area (Å²) >= 11 is 0. The molecule has 0 unspecified atom stereocenters. The number of carboxylic acids is 1. The quantitative estimate of drug-likeness (QED) is 0.0233. The van der Waals surface area contributed by atoms with E-state index in [4.69, 9.17) is 21.2 Å². The van der Waals surface area contributed by atoms with Gasteiger partial charge in [-0.1, -0.05) is 62.5 Å². The molecule has 0 aliphatic heterocycles. The van der Waals surface area contributed by atoms with Crippen LogP contribution in [0.25, 0.3) is 10.4 Å². The van der Waals surface area contributed by atoms with E-state index in [2.05, 4.69) is 31.3 Å². The van der Waals surface area contributed by atoms with Gasteiger partial charge in [0.2, 0.25) is 0 Å². The number of carbonyl (C=O) groups is 2. The van der Waals surface area contributed by atoms with Gasteiger partial charge in [0.05, 0.1) is 5.56 Å². The fourth-order valence-corrected chi connectivity index (χ4v) is 4.52. The predicted octanol–water partition coefficient (Wildman–Crippen LogP) is 6.28. The molecule has 0 aromatic heterocycles. The van der Waals surface area contributed by atoms with Crippen molar-refractivity contribution in [3.63, 3.8) is 0 Å². The zero-order chi connectivity index (χ0) is 35.0. The van der Waals surface area contributed by atoms with E-state index in [0.29, 0.717) is 6.54 Å². The second-order valence-electron chi connectivity index (χ2n) is 11.3. The molecule has 270 valence electrons. The molecule has 0 saturated carbocycles. The zero-order valence-corrected chi connectivity index (χ0v) is 27.8. The number of phenols is 1. The first-order valence-electron chi connectivity index (χ1n) is 16.9. The fourth-order valence-electron chi connectivity index (χ4n) is 4.52. The molecule has 1 aromatic rings. The van der Waals surface area contributed by atoms with E-state index in [1.807, 2.05) is 0 Å². The summed E-state index contributed by atoms with van der Waals surface area (Å²) in [5, 5.41) is 33.8. The second kappa shape index (κ2) is 30.2. The number of alkyl halides is 3. The summed E-state index contributed by atoms with van der Waals surface area (Å²) in [4.78, 5) is 23.7. The molecule has 0 saturated heterocycles. The maximum atomic E-state index is 12.2. The van der Waals surface area contributed by atoms with Gasteiger partial charge >= 0.3 is 12.1 Å². The lowest BCUT2D eigenvalue weighted by Crippen LogP contribution is -2.27. The van der Waals surface area contributed by atoms with Crippen LogP contribution in [0, 0.1) is 0 Å². The van der Waals surface area contributed by atoms with Gasteiger partial charge in [-0.05, 0) is 108 Å². The third-order valence-corrected chi connectivity index (χ3v) is 7.17. The molecule has 8 N–H and O–H groups in total. The summed E-state index contributed by atoms with van der Waals surface area (Å²) in [6, 6.07) is 4.24. The van der Waals surface area contributed by atoms with E-state index in [0.717, 1.165) is 45.7 Å². The Kier molecular flexibility index (Phi) is 28.3. The average molecular weight is 675 g/mol. The van der Waals surface area contributed by atoms with Gasteiger partial charge in [0, 0.05) is 17.1 Å². The number of halogens is 3. The van der Waals surface area contributed by atoms with Crippen LogP contribution in [-0.2, 0) is 4.79 Å². The van der Waals surface area contributed by atoms with Crippen LogP contribution in [0.4, 0.5) is 18.9 Å². The van der Waals surface area contributed by atoms with Gasteiger partial charge in [-0.15, -0.1) is 0 Å². The molecular weight excluding hydrogens is 617 g/mol. The predicted molar refractivity (Wildman–Crippen MR) is 180 cm³/mol. The number of nitrogens with one attached hydrogen (secondary N) is 4. The largest absolute Gasteiger partial charge is 0.507 e. The third kappa shape index (κ3) is 27.7. The van der Waals surface area contributed by atoms with Crippen molar-refractivity contribution >= 4 is 17.6 Å². The van der Waals surface area contributed by atoms with Crippen LogP contribution < -0.4 is 27.0 Å². The van der Waals surface area contributed by atoms with Crippen molar-refractivity contribution in [2.75, 3.05) is 52.4 Å². The average Bonchev–Trinajstić information content (AvgIpc) is 3.02. The van der Waals surface area contributed by atoms with Crippen LogP contribution in [0.15, 0.2) is 23.3 Å². The maximum Gasteiger partial charge on any atom is 0.490 e. The van der Waals surface area contributed by atoms with Crippen molar-refractivity contribution in [2.24, 2.45) is 10.8 Å². The monoisotopic (exact) mass is 674 g/mol. The van der Waals surface area contributed by atoms with Crippen molar-refractivity contribution in [1.82, 2.24) is 21.3 Å². The van der Waals surface area contributed by atoms with E-state index in [-0.39, 0.29) is 22.9 Å². The summed E-state index contributed by atoms with van der Waals surface area (Å²) < 4.78 is 31.7. The number of carbonyl (C=O) groups excluding carboxylic acids is 1. The number of aliphatic carboxylic acids is 1. The van der Waals surface area contributed by atoms with Gasteiger partial charge in [0.15, 0.2) is 0 Å². The number of azide groups is 1. The van der Waals surface area contributed by atoms with Crippen LogP contribution in [0.2, 0.25) is 0 Å². The number of benzene rings is 1. The number of aromatic hydroxyl groups is 1. The molecule has 12 nitrogen and oxygen atoms in total. The smallest absolute Gasteiger partial charge is 0.490 e. The number of carboxylic acid groups (broad SMARTS) is 1. The normalized spacial score (nSPS) is 11.0. The van der Waals surface area contributed by atoms with E-state index in [1.54, 1.807) is 0 Å². The summed E-state index contributed by atoms with van der Waals surface area (Å²) in [6.45, 7) is 7.78. The van der Waals surface area contributed by atoms with Gasteiger partial charge < -0.3 is 37.2 Å². The highest BCUT2D eigenvalue weighted by Gasteiger charge is 2.38. The minimum absolute atomic E-state index is 0.175. The summed E-state index contributed by atoms with van der Waals surface area (Å²) in [5.74, 6) is -3.29. The number of hydrogen-bond acceptors (Lipinski definition) is 8. The summed E-state index contributed by atoms with van der Waals surface area (Å²) in [7, 11) is 0. The van der Waals surface area contributed by atoms with Gasteiger partial charge in [0.1, 0.15) is 5.75 Å². The molecule has 15 heteroatoms. The number of phenolic OH excluding ortho intramolecular Hbond substituents is 1. The Morgan fingerprint density at radius 1 is 0.723 bits per heavy atom. The molecule has 0 aliphatic rings. The van der Waals surface area contributed by atoms with Crippen molar-refractivity contribution < 1.29 is 33.0 Å². The van der Waals surface area contributed by atoms with Crippen molar-refractivity contribution in [3.05, 3.63) is 34.2 Å². The first kappa shape index (κ1) is 43.9. The first-order chi connectivity index (χ1) is 22.6. The molecule has 0 radical (unpaired) electrons. The molecule has 0 bridgehead atoms. The number of amides is 1. The van der Waals surface area contributed by atoms with Crippen molar-refractivity contribution in [3.8, 4) is 5.75 Å². The molecule has 0 spiro atoms. The van der Waals surface area contributed by atoms with E-state index in [1.165, 1.54) is 115 Å². The molecule has 47 heavy (non-hydrogen) atoms. The Labute approximate surface area is 277 Å². The van der Waals surface area contributed by atoms with Gasteiger partial charge in [-0.3, -0.25) is 4.79 Å². The molecule has 1 aromatic carbocycles. The van der Waals surface area contributed by atoms with Crippen molar-refractivity contribution in [1.29, 1.82) is 0 Å². The summed E-state index contributed by atoms with van der Waals surface area (Å²) in [6.07, 6.45) is 13.7. The Morgan fingerprint density at radius 2 is 1.13 bits per heavy atom. The Hall–Kier alpha value is -3.10. The molecule has 0 atom stereocenters. The van der Waals surface area contributed by atoms with Gasteiger partial charge in [0.25, 0.3) is 5.91 Å². The first-order valence-corrected chi connectivity index (χ1v) is 16.9. The van der Waals surface area contributed by atoms with Crippen molar-refractivity contribution in [2.45, 2.75) is 102 Å². The summed E-state index contributed by atoms with van der Waals surface area (Å²) in [5.41, 5.74) is 14.4. The highest BCUT2D eigenvalue weighted by Crippen LogP contribution is 2.24. The van der Waals surface area contributed by atoms with Crippen LogP contribution >= 0.6 is 0 Å². The highest BCUT2D eigenvalue weighted by molar-refractivity contribution is 5.97. The lowest BCUT2D eigenvalue weighted by Gasteiger charge is -2.08. The molecule has 0 aliphatic carbocycles. The third-order valence-electron chi connectivity index (χ3n) is 7.17. The van der Waals surface area contributed by atoms with Gasteiger partial charge in [-0.2, -0.15) is 13.2 Å². The molecular formula is C32H57F3N8O4.